The molecule has 0 N–H and O–H groups in total. The number of nitrogens with zero attached hydrogens (tertiary/aromatic N) is 1. The van der Waals surface area contributed by atoms with Crippen molar-refractivity contribution in [3.8, 4) is 0 Å². The normalized spacial score (nSPS) is 10.8. The number of esters is 1. The predicted molar refractivity (Wildman–Crippen MR) is 75.2 cm³/mol. The molecule has 3 aromatic rings. The summed E-state index contributed by atoms with van der Waals surface area (Å²) in [5, 5.41) is 2.83. The van der Waals surface area contributed by atoms with E-state index in [0.29, 0.717) is 12.2 Å². The molecule has 0 spiro atoms. The van der Waals surface area contributed by atoms with E-state index < -0.39 is 0 Å². The van der Waals surface area contributed by atoms with Gasteiger partial charge in [-0.05, 0) is 19.1 Å². The van der Waals surface area contributed by atoms with Crippen molar-refractivity contribution in [2.75, 3.05) is 6.61 Å². The van der Waals surface area contributed by atoms with Crippen LogP contribution < -0.4 is 0 Å². The molecule has 0 aliphatic heterocycles. The quantitative estimate of drug-likeness (QED) is 0.516. The van der Waals surface area contributed by atoms with Crippen molar-refractivity contribution in [2.45, 2.75) is 6.92 Å². The molecule has 0 saturated carbocycles. The number of fused-ring (bicyclic) bond motifs is 3. The molecule has 3 heteroatoms. The van der Waals surface area contributed by atoms with Crippen LogP contribution >= 0.6 is 0 Å². The molecular weight excluding hydrogens is 238 g/mol. The molecule has 0 atom stereocenters. The van der Waals surface area contributed by atoms with Crippen LogP contribution in [-0.4, -0.2) is 17.6 Å². The van der Waals surface area contributed by atoms with Crippen LogP contribution in [0, 0.1) is 0 Å². The van der Waals surface area contributed by atoms with Crippen molar-refractivity contribution in [3.63, 3.8) is 0 Å². The lowest BCUT2D eigenvalue weighted by molar-refractivity contribution is 0.0529. The summed E-state index contributed by atoms with van der Waals surface area (Å²) >= 11 is 0. The zero-order valence-corrected chi connectivity index (χ0v) is 10.6. The number of carbonyl (C=O) groups is 1. The van der Waals surface area contributed by atoms with E-state index in [4.69, 9.17) is 4.74 Å². The molecule has 0 unspecified atom stereocenters. The van der Waals surface area contributed by atoms with Crippen molar-refractivity contribution in [1.29, 1.82) is 0 Å². The monoisotopic (exact) mass is 251 g/mol. The summed E-state index contributed by atoms with van der Waals surface area (Å²) < 4.78 is 5.13. The van der Waals surface area contributed by atoms with Crippen LogP contribution in [0.3, 0.4) is 0 Å². The Morgan fingerprint density at radius 2 is 2.00 bits per heavy atom. The van der Waals surface area contributed by atoms with Crippen LogP contribution in [0.15, 0.2) is 48.7 Å². The van der Waals surface area contributed by atoms with Gasteiger partial charge in [-0.15, -0.1) is 0 Å². The Bertz CT molecular complexity index is 765. The molecule has 3 rings (SSSR count). The molecule has 19 heavy (non-hydrogen) atoms. The summed E-state index contributed by atoms with van der Waals surface area (Å²) in [6.07, 6.45) is 1.79. The number of ether oxygens (including phenoxy) is 1. The SMILES string of the molecule is CCOC(=O)c1cccc2cnc3ccccc3c12. The highest BCUT2D eigenvalue weighted by molar-refractivity contribution is 6.15. The van der Waals surface area contributed by atoms with Crippen LogP contribution in [0.2, 0.25) is 0 Å². The van der Waals surface area contributed by atoms with E-state index in [-0.39, 0.29) is 5.97 Å². The second kappa shape index (κ2) is 4.69. The van der Waals surface area contributed by atoms with Crippen LogP contribution in [0.25, 0.3) is 21.7 Å². The highest BCUT2D eigenvalue weighted by Crippen LogP contribution is 2.27. The fourth-order valence-electron chi connectivity index (χ4n) is 2.29. The van der Waals surface area contributed by atoms with Gasteiger partial charge in [-0.1, -0.05) is 30.3 Å². The van der Waals surface area contributed by atoms with E-state index in [0.717, 1.165) is 21.7 Å². The molecule has 0 aliphatic carbocycles. The van der Waals surface area contributed by atoms with Crippen LogP contribution in [0.4, 0.5) is 0 Å². The van der Waals surface area contributed by atoms with E-state index in [1.807, 2.05) is 43.3 Å². The highest BCUT2D eigenvalue weighted by atomic mass is 16.5. The standard InChI is InChI=1S/C16H13NO2/c1-2-19-16(18)13-8-5-6-11-10-17-14-9-4-3-7-12(14)15(11)13/h3-10H,2H2,1H3. The minimum absolute atomic E-state index is 0.288. The lowest BCUT2D eigenvalue weighted by atomic mass is 10.0. The first kappa shape index (κ1) is 11.7. The van der Waals surface area contributed by atoms with Gasteiger partial charge in [0.2, 0.25) is 0 Å². The molecule has 0 bridgehead atoms. The molecule has 1 heterocycles. The smallest absolute Gasteiger partial charge is 0.338 e. The second-order valence-electron chi connectivity index (χ2n) is 4.27. The van der Waals surface area contributed by atoms with Crippen molar-refractivity contribution in [3.05, 3.63) is 54.2 Å². The first-order chi connectivity index (χ1) is 9.31. The summed E-state index contributed by atoms with van der Waals surface area (Å²) in [4.78, 5) is 16.5. The molecule has 3 nitrogen and oxygen atoms in total. The predicted octanol–water partition coefficient (Wildman–Crippen LogP) is 3.56. The molecule has 2 aromatic carbocycles. The molecule has 0 saturated heterocycles. The summed E-state index contributed by atoms with van der Waals surface area (Å²) in [6.45, 7) is 2.18. The van der Waals surface area contributed by atoms with Crippen LogP contribution in [-0.2, 0) is 4.74 Å². The van der Waals surface area contributed by atoms with Gasteiger partial charge in [-0.25, -0.2) is 4.79 Å². The van der Waals surface area contributed by atoms with E-state index in [1.165, 1.54) is 0 Å². The van der Waals surface area contributed by atoms with Gasteiger partial charge < -0.3 is 4.74 Å². The number of aromatic nitrogens is 1. The minimum Gasteiger partial charge on any atom is -0.462 e. The molecule has 0 radical (unpaired) electrons. The number of hydrogen-bond acceptors (Lipinski definition) is 3. The Hall–Kier alpha value is -2.42. The lowest BCUT2D eigenvalue weighted by Crippen LogP contribution is -2.05. The Morgan fingerprint density at radius 1 is 1.16 bits per heavy atom. The molecular formula is C16H13NO2. The zero-order chi connectivity index (χ0) is 13.2. The third kappa shape index (κ3) is 1.93. The Kier molecular flexibility index (Phi) is 2.88. The van der Waals surface area contributed by atoms with E-state index >= 15 is 0 Å². The Labute approximate surface area is 110 Å². The number of pyridine rings is 1. The van der Waals surface area contributed by atoms with Crippen molar-refractivity contribution in [2.24, 2.45) is 0 Å². The number of para-hydroxylation sites is 1. The maximum Gasteiger partial charge on any atom is 0.338 e. The largest absolute Gasteiger partial charge is 0.462 e. The molecule has 0 aliphatic rings. The van der Waals surface area contributed by atoms with Gasteiger partial charge in [0.15, 0.2) is 0 Å². The number of rotatable bonds is 2. The Morgan fingerprint density at radius 3 is 2.84 bits per heavy atom. The van der Waals surface area contributed by atoms with Gasteiger partial charge >= 0.3 is 5.97 Å². The van der Waals surface area contributed by atoms with Gasteiger partial charge in [0.25, 0.3) is 0 Å². The Balaban J connectivity index is 2.39. The first-order valence-corrected chi connectivity index (χ1v) is 6.25. The van der Waals surface area contributed by atoms with Gasteiger partial charge in [0.05, 0.1) is 17.7 Å². The number of benzene rings is 2. The van der Waals surface area contributed by atoms with E-state index in [9.17, 15) is 4.79 Å². The highest BCUT2D eigenvalue weighted by Gasteiger charge is 2.13. The van der Waals surface area contributed by atoms with Crippen LogP contribution in [0.5, 0.6) is 0 Å². The molecule has 1 aromatic heterocycles. The minimum atomic E-state index is -0.288. The van der Waals surface area contributed by atoms with Gasteiger partial charge in [0, 0.05) is 22.4 Å². The van der Waals surface area contributed by atoms with E-state index in [1.54, 1.807) is 12.3 Å². The fourth-order valence-corrected chi connectivity index (χ4v) is 2.29. The third-order valence-corrected chi connectivity index (χ3v) is 3.11. The van der Waals surface area contributed by atoms with Crippen molar-refractivity contribution >= 4 is 27.6 Å². The number of carbonyl (C=O) groups excluding carboxylic acids is 1. The summed E-state index contributed by atoms with van der Waals surface area (Å²) in [7, 11) is 0. The third-order valence-electron chi connectivity index (χ3n) is 3.11. The maximum atomic E-state index is 12.1. The van der Waals surface area contributed by atoms with Gasteiger partial charge in [0.1, 0.15) is 0 Å². The van der Waals surface area contributed by atoms with Crippen molar-refractivity contribution < 1.29 is 9.53 Å². The average Bonchev–Trinajstić information content (AvgIpc) is 2.46. The lowest BCUT2D eigenvalue weighted by Gasteiger charge is -2.08. The topological polar surface area (TPSA) is 39.2 Å². The molecule has 94 valence electrons. The summed E-state index contributed by atoms with van der Waals surface area (Å²) in [5.41, 5.74) is 1.48. The number of hydrogen-bond donors (Lipinski definition) is 0. The van der Waals surface area contributed by atoms with Crippen molar-refractivity contribution in [1.82, 2.24) is 4.98 Å². The summed E-state index contributed by atoms with van der Waals surface area (Å²) in [6, 6.07) is 13.4. The molecule has 0 amide bonds. The van der Waals surface area contributed by atoms with Gasteiger partial charge in [-0.2, -0.15) is 0 Å². The average molecular weight is 251 g/mol. The first-order valence-electron chi connectivity index (χ1n) is 6.25. The zero-order valence-electron chi connectivity index (χ0n) is 10.6. The van der Waals surface area contributed by atoms with Gasteiger partial charge in [-0.3, -0.25) is 4.98 Å². The maximum absolute atomic E-state index is 12.1. The second-order valence-corrected chi connectivity index (χ2v) is 4.27. The fraction of sp³-hybridized carbons (Fsp3) is 0.125. The summed E-state index contributed by atoms with van der Waals surface area (Å²) in [5.74, 6) is -0.288. The molecule has 0 fully saturated rings. The van der Waals surface area contributed by atoms with Crippen LogP contribution in [0.1, 0.15) is 17.3 Å². The van der Waals surface area contributed by atoms with E-state index in [2.05, 4.69) is 4.98 Å².